The maximum Gasteiger partial charge on any atom is 0.0967 e. The van der Waals surface area contributed by atoms with Crippen molar-refractivity contribution in [2.45, 2.75) is 45.6 Å². The van der Waals surface area contributed by atoms with E-state index in [9.17, 15) is 0 Å². The molecule has 2 aliphatic rings. The number of benzene rings is 5. The molecule has 9 rings (SSSR count). The van der Waals surface area contributed by atoms with E-state index in [0.29, 0.717) is 0 Å². The molecule has 5 aromatic carbocycles. The minimum Gasteiger partial charge on any atom is -0.272 e. The Morgan fingerprint density at radius 1 is 0.596 bits per heavy atom. The molecule has 0 saturated heterocycles. The fraction of sp³-hybridized carbons (Fsp3) is 0.130. The minimum atomic E-state index is -0.207. The SMILES string of the molecule is C=C1CC(c2ccccc2)=CC(c2ccc(-c3ccccc3)cc2)=NC1c1cccc(-c2cccc(-c3cc(C(C)C)nc4c3CC=Cc3ccc(C)nc3-4)c2)c1. The first-order valence-corrected chi connectivity index (χ1v) is 19.9. The van der Waals surface area contributed by atoms with Crippen molar-refractivity contribution in [3.8, 4) is 44.8 Å². The summed E-state index contributed by atoms with van der Waals surface area (Å²) in [5.41, 5.74) is 20.1. The maximum absolute atomic E-state index is 5.50. The molecule has 1 unspecified atom stereocenters. The lowest BCUT2D eigenvalue weighted by molar-refractivity contribution is 0.822. The van der Waals surface area contributed by atoms with Crippen LogP contribution in [-0.4, -0.2) is 15.7 Å². The Morgan fingerprint density at radius 2 is 1.25 bits per heavy atom. The average Bonchev–Trinajstić information content (AvgIpc) is 3.55. The molecule has 0 spiro atoms. The predicted octanol–water partition coefficient (Wildman–Crippen LogP) is 13.7. The largest absolute Gasteiger partial charge is 0.272 e. The standard InChI is InChI=1S/C54H45N3/c1-35(2)50-34-49(48-23-13-18-42-25-24-37(4)55-53(42)54(48)56-50)45-21-11-19-43(31-45)44-20-12-22-46(32-44)52-36(3)30-47(39-16-9-6-10-17-39)33-51(57-52)41-28-26-40(27-29-41)38-14-7-5-8-15-38/h5-22,24-29,31-35,52H,3,23,30H2,1-2,4H3. The highest BCUT2D eigenvalue weighted by atomic mass is 14.8. The van der Waals surface area contributed by atoms with Gasteiger partial charge in [-0.25, -0.2) is 0 Å². The van der Waals surface area contributed by atoms with Crippen LogP contribution in [0.3, 0.4) is 0 Å². The molecule has 0 fully saturated rings. The molecular formula is C54H45N3. The third-order valence-electron chi connectivity index (χ3n) is 11.2. The topological polar surface area (TPSA) is 38.1 Å². The summed E-state index contributed by atoms with van der Waals surface area (Å²) in [6.07, 6.45) is 8.24. The molecule has 0 radical (unpaired) electrons. The number of nitrogens with zero attached hydrogens (tertiary/aromatic N) is 3. The van der Waals surface area contributed by atoms with Gasteiger partial charge in [-0.3, -0.25) is 15.0 Å². The molecule has 0 amide bonds. The lowest BCUT2D eigenvalue weighted by Crippen LogP contribution is -2.04. The van der Waals surface area contributed by atoms with Crippen LogP contribution in [0.15, 0.2) is 181 Å². The molecule has 0 saturated carbocycles. The third-order valence-corrected chi connectivity index (χ3v) is 11.2. The van der Waals surface area contributed by atoms with Gasteiger partial charge in [-0.05, 0) is 123 Å². The quantitative estimate of drug-likeness (QED) is 0.153. The molecule has 2 aromatic heterocycles. The highest BCUT2D eigenvalue weighted by molar-refractivity contribution is 6.13. The predicted molar refractivity (Wildman–Crippen MR) is 239 cm³/mol. The smallest absolute Gasteiger partial charge is 0.0967 e. The number of rotatable bonds is 7. The molecule has 3 heteroatoms. The van der Waals surface area contributed by atoms with Crippen molar-refractivity contribution in [1.29, 1.82) is 0 Å². The van der Waals surface area contributed by atoms with E-state index in [4.69, 9.17) is 15.0 Å². The monoisotopic (exact) mass is 735 g/mol. The fourth-order valence-electron chi connectivity index (χ4n) is 8.09. The number of allylic oxidation sites excluding steroid dienone is 3. The summed E-state index contributed by atoms with van der Waals surface area (Å²) in [5, 5.41) is 0. The first-order chi connectivity index (χ1) is 27.9. The van der Waals surface area contributed by atoms with Crippen LogP contribution in [0.2, 0.25) is 0 Å². The number of fused-ring (bicyclic) bond motifs is 3. The Bertz CT molecular complexity index is 2720. The minimum absolute atomic E-state index is 0.207. The van der Waals surface area contributed by atoms with E-state index in [1.54, 1.807) is 0 Å². The summed E-state index contributed by atoms with van der Waals surface area (Å²) in [4.78, 5) is 15.8. The molecule has 0 N–H and O–H groups in total. The van der Waals surface area contributed by atoms with Crippen LogP contribution < -0.4 is 0 Å². The third kappa shape index (κ3) is 7.37. The Hall–Kier alpha value is -6.71. The molecule has 0 bridgehead atoms. The van der Waals surface area contributed by atoms with Gasteiger partial charge >= 0.3 is 0 Å². The zero-order valence-corrected chi connectivity index (χ0v) is 32.8. The molecule has 1 atom stereocenters. The molecule has 3 heterocycles. The summed E-state index contributed by atoms with van der Waals surface area (Å²) in [6.45, 7) is 11.2. The Balaban J connectivity index is 1.10. The van der Waals surface area contributed by atoms with Crippen LogP contribution in [0, 0.1) is 6.92 Å². The second kappa shape index (κ2) is 15.4. The molecule has 3 nitrogen and oxygen atoms in total. The van der Waals surface area contributed by atoms with Crippen LogP contribution >= 0.6 is 0 Å². The van der Waals surface area contributed by atoms with E-state index in [2.05, 4.69) is 197 Å². The van der Waals surface area contributed by atoms with Crippen molar-refractivity contribution >= 4 is 17.4 Å². The zero-order chi connectivity index (χ0) is 38.9. The molecule has 276 valence electrons. The van der Waals surface area contributed by atoms with Gasteiger partial charge in [0.25, 0.3) is 0 Å². The van der Waals surface area contributed by atoms with Crippen LogP contribution in [0.5, 0.6) is 0 Å². The number of aryl methyl sites for hydroxylation is 1. The second-order valence-corrected chi connectivity index (χ2v) is 15.5. The Labute approximate surface area is 336 Å². The molecule has 1 aliphatic heterocycles. The number of hydrogen-bond donors (Lipinski definition) is 0. The van der Waals surface area contributed by atoms with Crippen LogP contribution in [0.4, 0.5) is 0 Å². The van der Waals surface area contributed by atoms with Gasteiger partial charge in [-0.2, -0.15) is 0 Å². The summed E-state index contributed by atoms with van der Waals surface area (Å²) in [5.74, 6) is 0.273. The number of pyridine rings is 2. The van der Waals surface area contributed by atoms with Gasteiger partial charge in [0, 0.05) is 17.0 Å². The van der Waals surface area contributed by atoms with Crippen molar-refractivity contribution in [1.82, 2.24) is 9.97 Å². The lowest BCUT2D eigenvalue weighted by atomic mass is 9.89. The lowest BCUT2D eigenvalue weighted by Gasteiger charge is -2.19. The number of aliphatic imine (C=N–C) groups is 1. The van der Waals surface area contributed by atoms with Crippen molar-refractivity contribution in [2.75, 3.05) is 0 Å². The van der Waals surface area contributed by atoms with E-state index in [-0.39, 0.29) is 12.0 Å². The van der Waals surface area contributed by atoms with Crippen LogP contribution in [-0.2, 0) is 6.42 Å². The Morgan fingerprint density at radius 3 is 2.00 bits per heavy atom. The highest BCUT2D eigenvalue weighted by Gasteiger charge is 2.24. The van der Waals surface area contributed by atoms with Gasteiger partial charge in [0.15, 0.2) is 0 Å². The maximum atomic E-state index is 5.50. The van der Waals surface area contributed by atoms with E-state index < -0.39 is 0 Å². The van der Waals surface area contributed by atoms with Gasteiger partial charge in [0.05, 0.1) is 23.1 Å². The van der Waals surface area contributed by atoms with Gasteiger partial charge in [-0.1, -0.05) is 160 Å². The first-order valence-electron chi connectivity index (χ1n) is 19.9. The van der Waals surface area contributed by atoms with E-state index in [1.807, 2.05) is 0 Å². The second-order valence-electron chi connectivity index (χ2n) is 15.5. The zero-order valence-electron chi connectivity index (χ0n) is 32.8. The Kier molecular flexibility index (Phi) is 9.74. The number of hydrogen-bond acceptors (Lipinski definition) is 3. The van der Waals surface area contributed by atoms with Gasteiger partial charge in [-0.15, -0.1) is 0 Å². The average molecular weight is 736 g/mol. The molecule has 1 aliphatic carbocycles. The number of aromatic nitrogens is 2. The molecular weight excluding hydrogens is 691 g/mol. The normalized spacial score (nSPS) is 14.9. The van der Waals surface area contributed by atoms with Gasteiger partial charge < -0.3 is 0 Å². The van der Waals surface area contributed by atoms with Gasteiger partial charge in [0.1, 0.15) is 0 Å². The summed E-state index contributed by atoms with van der Waals surface area (Å²) < 4.78 is 0. The van der Waals surface area contributed by atoms with Crippen molar-refractivity contribution in [3.05, 3.63) is 215 Å². The summed E-state index contributed by atoms with van der Waals surface area (Å²) in [6, 6.07) is 54.1. The van der Waals surface area contributed by atoms with Crippen molar-refractivity contribution in [2.24, 2.45) is 4.99 Å². The molecule has 7 aromatic rings. The van der Waals surface area contributed by atoms with Crippen LogP contribution in [0.1, 0.15) is 71.4 Å². The van der Waals surface area contributed by atoms with Crippen molar-refractivity contribution < 1.29 is 0 Å². The van der Waals surface area contributed by atoms with Crippen molar-refractivity contribution in [3.63, 3.8) is 0 Å². The molecule has 57 heavy (non-hydrogen) atoms. The van der Waals surface area contributed by atoms with Gasteiger partial charge in [0.2, 0.25) is 0 Å². The summed E-state index contributed by atoms with van der Waals surface area (Å²) >= 11 is 0. The van der Waals surface area contributed by atoms with E-state index in [1.165, 1.54) is 39.0 Å². The summed E-state index contributed by atoms with van der Waals surface area (Å²) in [7, 11) is 0. The first kappa shape index (κ1) is 36.0. The van der Waals surface area contributed by atoms with Crippen LogP contribution in [0.25, 0.3) is 56.4 Å². The van der Waals surface area contributed by atoms with E-state index >= 15 is 0 Å². The highest BCUT2D eigenvalue weighted by Crippen LogP contribution is 2.40. The fourth-order valence-corrected chi connectivity index (χ4v) is 8.09. The van der Waals surface area contributed by atoms with E-state index in [0.717, 1.165) is 74.7 Å².